The smallest absolute Gasteiger partial charge is 0.450 e. The lowest BCUT2D eigenvalue weighted by Gasteiger charge is -2.37. The van der Waals surface area contributed by atoms with Gasteiger partial charge in [0.2, 0.25) is 5.91 Å². The van der Waals surface area contributed by atoms with Crippen LogP contribution in [-0.2, 0) is 11.2 Å². The van der Waals surface area contributed by atoms with E-state index in [1.807, 2.05) is 25.1 Å². The zero-order chi connectivity index (χ0) is 19.9. The molecule has 0 saturated heterocycles. The molecular formula is C20H30ClNO4. The molecule has 0 aliphatic heterocycles. The fourth-order valence-electron chi connectivity index (χ4n) is 3.41. The highest BCUT2D eigenvalue weighted by molar-refractivity contribution is 6.30. The van der Waals surface area contributed by atoms with Crippen molar-refractivity contribution in [2.75, 3.05) is 0 Å². The number of nitrogens with one attached hydrogen (secondary N) is 1. The Morgan fingerprint density at radius 3 is 2.15 bits per heavy atom. The summed E-state index contributed by atoms with van der Waals surface area (Å²) in [6, 6.07) is 6.07. The molecule has 0 atom stereocenters. The summed E-state index contributed by atoms with van der Waals surface area (Å²) in [7, 11) is 0. The Balaban J connectivity index is 0.000000765. The number of halogens is 1. The standard InChI is InChI=1S/C19H28ClNO.CH2O3/c1-13-11-16(20)8-5-14(13)12-18(22)21-17-9-6-15(7-10-17)19(2,3)4;2-1(3)4/h5,8,11,15,17H,6-7,9-10,12H2,1-4H3,(H,21,22);(H2,2,3,4). The maximum atomic E-state index is 12.3. The summed E-state index contributed by atoms with van der Waals surface area (Å²) < 4.78 is 0. The van der Waals surface area contributed by atoms with Crippen LogP contribution in [0.25, 0.3) is 0 Å². The van der Waals surface area contributed by atoms with Crippen LogP contribution in [0, 0.1) is 18.3 Å². The summed E-state index contributed by atoms with van der Waals surface area (Å²) in [4.78, 5) is 20.8. The lowest BCUT2D eigenvalue weighted by molar-refractivity contribution is -0.121. The first-order chi connectivity index (χ1) is 12.0. The van der Waals surface area contributed by atoms with Crippen LogP contribution in [0.4, 0.5) is 4.79 Å². The van der Waals surface area contributed by atoms with Crippen LogP contribution in [0.3, 0.4) is 0 Å². The van der Waals surface area contributed by atoms with Crippen LogP contribution >= 0.6 is 11.6 Å². The van der Waals surface area contributed by atoms with Crippen LogP contribution in [0.5, 0.6) is 0 Å². The van der Waals surface area contributed by atoms with Crippen molar-refractivity contribution in [3.8, 4) is 0 Å². The Labute approximate surface area is 160 Å². The second-order valence-electron chi connectivity index (χ2n) is 8.01. The van der Waals surface area contributed by atoms with E-state index in [0.717, 1.165) is 34.9 Å². The molecule has 26 heavy (non-hydrogen) atoms. The fourth-order valence-corrected chi connectivity index (χ4v) is 3.64. The molecule has 1 aromatic carbocycles. The minimum Gasteiger partial charge on any atom is -0.450 e. The summed E-state index contributed by atoms with van der Waals surface area (Å²) in [5.74, 6) is 0.906. The molecule has 0 radical (unpaired) electrons. The molecule has 6 heteroatoms. The first-order valence-corrected chi connectivity index (χ1v) is 9.33. The summed E-state index contributed by atoms with van der Waals surface area (Å²) >= 11 is 5.96. The Hall–Kier alpha value is -1.75. The highest BCUT2D eigenvalue weighted by Crippen LogP contribution is 2.37. The van der Waals surface area contributed by atoms with Crippen molar-refractivity contribution in [3.05, 3.63) is 34.3 Å². The predicted molar refractivity (Wildman–Crippen MR) is 104 cm³/mol. The van der Waals surface area contributed by atoms with Crippen molar-refractivity contribution in [1.82, 2.24) is 5.32 Å². The third-order valence-corrected chi connectivity index (χ3v) is 5.21. The number of hydrogen-bond acceptors (Lipinski definition) is 2. The summed E-state index contributed by atoms with van der Waals surface area (Å²) in [5, 5.41) is 17.9. The molecule has 146 valence electrons. The molecule has 1 fully saturated rings. The van der Waals surface area contributed by atoms with Gasteiger partial charge < -0.3 is 15.5 Å². The van der Waals surface area contributed by atoms with Gasteiger partial charge in [-0.2, -0.15) is 0 Å². The molecule has 0 spiro atoms. The minimum absolute atomic E-state index is 0.129. The van der Waals surface area contributed by atoms with E-state index in [1.165, 1.54) is 12.8 Å². The number of carbonyl (C=O) groups is 2. The SMILES string of the molecule is Cc1cc(Cl)ccc1CC(=O)NC1CCC(C(C)(C)C)CC1.O=C(O)O. The number of rotatable bonds is 3. The van der Waals surface area contributed by atoms with Gasteiger partial charge in [0, 0.05) is 11.1 Å². The van der Waals surface area contributed by atoms with Crippen LogP contribution in [0.1, 0.15) is 57.6 Å². The van der Waals surface area contributed by atoms with E-state index in [2.05, 4.69) is 26.1 Å². The van der Waals surface area contributed by atoms with Crippen LogP contribution in [0.15, 0.2) is 18.2 Å². The minimum atomic E-state index is -1.83. The molecule has 0 aromatic heterocycles. The number of carboxylic acid groups (broad SMARTS) is 2. The Kier molecular flexibility index (Phi) is 8.41. The highest BCUT2D eigenvalue weighted by atomic mass is 35.5. The first-order valence-electron chi connectivity index (χ1n) is 8.95. The summed E-state index contributed by atoms with van der Waals surface area (Å²) in [5.41, 5.74) is 2.53. The van der Waals surface area contributed by atoms with Crippen LogP contribution in [0.2, 0.25) is 5.02 Å². The lowest BCUT2D eigenvalue weighted by atomic mass is 9.71. The molecule has 1 aromatic rings. The van der Waals surface area contributed by atoms with Gasteiger partial charge in [0.25, 0.3) is 0 Å². The predicted octanol–water partition coefficient (Wildman–Crippen LogP) is 5.13. The average molecular weight is 384 g/mol. The zero-order valence-electron chi connectivity index (χ0n) is 16.0. The van der Waals surface area contributed by atoms with Crippen molar-refractivity contribution >= 4 is 23.7 Å². The molecule has 2 rings (SSSR count). The van der Waals surface area contributed by atoms with E-state index < -0.39 is 6.16 Å². The monoisotopic (exact) mass is 383 g/mol. The average Bonchev–Trinajstić information content (AvgIpc) is 2.49. The largest absolute Gasteiger partial charge is 0.503 e. The third-order valence-electron chi connectivity index (χ3n) is 4.97. The van der Waals surface area contributed by atoms with Gasteiger partial charge in [-0.1, -0.05) is 38.4 Å². The Bertz CT molecular complexity index is 613. The number of aryl methyl sites for hydroxylation is 1. The third kappa shape index (κ3) is 8.09. The number of hydrogen-bond donors (Lipinski definition) is 3. The lowest BCUT2D eigenvalue weighted by Crippen LogP contribution is -2.40. The second-order valence-corrected chi connectivity index (χ2v) is 8.45. The van der Waals surface area contributed by atoms with Crippen molar-refractivity contribution in [2.45, 2.75) is 65.8 Å². The van der Waals surface area contributed by atoms with Gasteiger partial charge in [0.05, 0.1) is 6.42 Å². The van der Waals surface area contributed by atoms with E-state index in [0.29, 0.717) is 17.9 Å². The van der Waals surface area contributed by atoms with Crippen LogP contribution < -0.4 is 5.32 Å². The van der Waals surface area contributed by atoms with E-state index in [9.17, 15) is 4.79 Å². The van der Waals surface area contributed by atoms with Gasteiger partial charge in [0.15, 0.2) is 0 Å². The fraction of sp³-hybridized carbons (Fsp3) is 0.600. The quantitative estimate of drug-likeness (QED) is 0.674. The van der Waals surface area contributed by atoms with Gasteiger partial charge in [-0.25, -0.2) is 4.79 Å². The Morgan fingerprint density at radius 1 is 1.15 bits per heavy atom. The molecule has 0 heterocycles. The van der Waals surface area contributed by atoms with Gasteiger partial charge in [0.1, 0.15) is 0 Å². The summed E-state index contributed by atoms with van der Waals surface area (Å²) in [6.07, 6.45) is 3.26. The second kappa shape index (κ2) is 9.81. The van der Waals surface area contributed by atoms with Gasteiger partial charge in [-0.05, 0) is 67.2 Å². The zero-order valence-corrected chi connectivity index (χ0v) is 16.8. The van der Waals surface area contributed by atoms with E-state index in [1.54, 1.807) is 0 Å². The number of benzene rings is 1. The first kappa shape index (κ1) is 22.3. The molecule has 1 amide bonds. The normalized spacial score (nSPS) is 19.9. The van der Waals surface area contributed by atoms with Crippen molar-refractivity contribution < 1.29 is 19.8 Å². The van der Waals surface area contributed by atoms with Crippen molar-refractivity contribution in [3.63, 3.8) is 0 Å². The van der Waals surface area contributed by atoms with Crippen LogP contribution in [-0.4, -0.2) is 28.3 Å². The van der Waals surface area contributed by atoms with E-state index in [-0.39, 0.29) is 5.91 Å². The van der Waals surface area contributed by atoms with Gasteiger partial charge in [-0.15, -0.1) is 0 Å². The molecule has 5 nitrogen and oxygen atoms in total. The molecule has 1 aliphatic rings. The Morgan fingerprint density at radius 2 is 1.69 bits per heavy atom. The molecule has 0 bridgehead atoms. The summed E-state index contributed by atoms with van der Waals surface area (Å²) in [6.45, 7) is 8.96. The molecule has 3 N–H and O–H groups in total. The van der Waals surface area contributed by atoms with E-state index >= 15 is 0 Å². The van der Waals surface area contributed by atoms with Crippen molar-refractivity contribution in [1.29, 1.82) is 0 Å². The van der Waals surface area contributed by atoms with Gasteiger partial charge >= 0.3 is 6.16 Å². The number of carbonyl (C=O) groups excluding carboxylic acids is 1. The molecule has 0 unspecified atom stereocenters. The maximum absolute atomic E-state index is 12.3. The number of amides is 1. The molecule has 1 aliphatic carbocycles. The topological polar surface area (TPSA) is 86.6 Å². The molecular weight excluding hydrogens is 354 g/mol. The highest BCUT2D eigenvalue weighted by Gasteiger charge is 2.30. The van der Waals surface area contributed by atoms with E-state index in [4.69, 9.17) is 26.6 Å². The van der Waals surface area contributed by atoms with Gasteiger partial charge in [-0.3, -0.25) is 4.79 Å². The molecule has 1 saturated carbocycles. The maximum Gasteiger partial charge on any atom is 0.503 e. The van der Waals surface area contributed by atoms with Crippen molar-refractivity contribution in [2.24, 2.45) is 11.3 Å².